The van der Waals surface area contributed by atoms with Gasteiger partial charge in [0.15, 0.2) is 0 Å². The van der Waals surface area contributed by atoms with Gasteiger partial charge >= 0.3 is 0 Å². The van der Waals surface area contributed by atoms with Crippen molar-refractivity contribution in [2.24, 2.45) is 0 Å². The summed E-state index contributed by atoms with van der Waals surface area (Å²) in [5, 5.41) is 0. The molecule has 1 amide bonds. The lowest BCUT2D eigenvalue weighted by atomic mass is 10.2. The number of carbonyl (C=O) groups is 1. The van der Waals surface area contributed by atoms with Crippen molar-refractivity contribution in [1.29, 1.82) is 0 Å². The normalized spacial score (nSPS) is 9.85. The molecule has 13 heavy (non-hydrogen) atoms. The maximum atomic E-state index is 11.1. The zero-order valence-corrected chi connectivity index (χ0v) is 9.55. The Kier molecular flexibility index (Phi) is 3.09. The highest BCUT2D eigenvalue weighted by Crippen LogP contribution is 2.23. The maximum Gasteiger partial charge on any atom is 0.223 e. The van der Waals surface area contributed by atoms with E-state index in [0.29, 0.717) is 0 Å². The van der Waals surface area contributed by atoms with E-state index in [1.54, 1.807) is 18.9 Å². The molecule has 0 heterocycles. The lowest BCUT2D eigenvalue weighted by Gasteiger charge is -2.17. The number of amides is 1. The molecule has 0 aromatic heterocycles. The minimum atomic E-state index is 0.0428. The van der Waals surface area contributed by atoms with E-state index in [0.717, 1.165) is 15.7 Å². The standard InChI is InChI=1S/C10H12BrNO/c1-7-4-5-9(11)6-10(7)12(3)8(2)13/h4-6H,1-3H3. The lowest BCUT2D eigenvalue weighted by Crippen LogP contribution is -2.23. The largest absolute Gasteiger partial charge is 0.315 e. The van der Waals surface area contributed by atoms with Crippen LogP contribution in [-0.2, 0) is 4.79 Å². The van der Waals surface area contributed by atoms with Gasteiger partial charge in [-0.05, 0) is 24.6 Å². The predicted octanol–water partition coefficient (Wildman–Crippen LogP) is 2.74. The molecular formula is C10H12BrNO. The monoisotopic (exact) mass is 241 g/mol. The molecule has 1 rings (SSSR count). The van der Waals surface area contributed by atoms with Crippen molar-refractivity contribution in [2.75, 3.05) is 11.9 Å². The van der Waals surface area contributed by atoms with Crippen molar-refractivity contribution in [2.45, 2.75) is 13.8 Å². The molecule has 0 bridgehead atoms. The number of rotatable bonds is 1. The molecule has 70 valence electrons. The number of hydrogen-bond donors (Lipinski definition) is 0. The molecule has 3 heteroatoms. The van der Waals surface area contributed by atoms with E-state index in [9.17, 15) is 4.79 Å². The van der Waals surface area contributed by atoms with Gasteiger partial charge in [0.2, 0.25) is 5.91 Å². The van der Waals surface area contributed by atoms with Crippen molar-refractivity contribution in [3.05, 3.63) is 28.2 Å². The number of benzene rings is 1. The van der Waals surface area contributed by atoms with Gasteiger partial charge in [0, 0.05) is 24.1 Å². The van der Waals surface area contributed by atoms with Crippen LogP contribution in [0.15, 0.2) is 22.7 Å². The zero-order chi connectivity index (χ0) is 10.0. The third kappa shape index (κ3) is 2.31. The molecule has 1 aromatic rings. The van der Waals surface area contributed by atoms with E-state index in [-0.39, 0.29) is 5.91 Å². The second-order valence-corrected chi connectivity index (χ2v) is 3.92. The molecule has 1 aromatic carbocycles. The molecular weight excluding hydrogens is 230 g/mol. The number of hydrogen-bond acceptors (Lipinski definition) is 1. The second kappa shape index (κ2) is 3.92. The molecule has 0 spiro atoms. The average molecular weight is 242 g/mol. The summed E-state index contributed by atoms with van der Waals surface area (Å²) >= 11 is 3.38. The summed E-state index contributed by atoms with van der Waals surface area (Å²) in [6.45, 7) is 3.54. The van der Waals surface area contributed by atoms with Gasteiger partial charge in [0.1, 0.15) is 0 Å². The molecule has 0 aliphatic carbocycles. The highest BCUT2D eigenvalue weighted by molar-refractivity contribution is 9.10. The van der Waals surface area contributed by atoms with Crippen LogP contribution in [0.2, 0.25) is 0 Å². The van der Waals surface area contributed by atoms with Crippen LogP contribution in [0.3, 0.4) is 0 Å². The lowest BCUT2D eigenvalue weighted by molar-refractivity contribution is -0.116. The summed E-state index contributed by atoms with van der Waals surface area (Å²) < 4.78 is 0.987. The Hall–Kier alpha value is -0.830. The van der Waals surface area contributed by atoms with E-state index in [1.165, 1.54) is 0 Å². The number of anilines is 1. The summed E-state index contributed by atoms with van der Waals surface area (Å²) in [6.07, 6.45) is 0. The highest BCUT2D eigenvalue weighted by Gasteiger charge is 2.08. The van der Waals surface area contributed by atoms with Gasteiger partial charge in [-0.25, -0.2) is 0 Å². The van der Waals surface area contributed by atoms with Gasteiger partial charge < -0.3 is 4.90 Å². The van der Waals surface area contributed by atoms with Crippen molar-refractivity contribution in [3.8, 4) is 0 Å². The average Bonchev–Trinajstić information content (AvgIpc) is 2.08. The Balaban J connectivity index is 3.12. The number of carbonyl (C=O) groups excluding carboxylic acids is 1. The van der Waals surface area contributed by atoms with Crippen LogP contribution in [0.1, 0.15) is 12.5 Å². The Morgan fingerprint density at radius 2 is 2.08 bits per heavy atom. The molecule has 0 unspecified atom stereocenters. The van der Waals surface area contributed by atoms with Crippen LogP contribution in [0.5, 0.6) is 0 Å². The number of halogens is 1. The minimum Gasteiger partial charge on any atom is -0.315 e. The Morgan fingerprint density at radius 3 is 2.62 bits per heavy atom. The smallest absolute Gasteiger partial charge is 0.223 e. The number of nitrogens with zero attached hydrogens (tertiary/aromatic N) is 1. The molecule has 0 saturated heterocycles. The SMILES string of the molecule is CC(=O)N(C)c1cc(Br)ccc1C. The fraction of sp³-hybridized carbons (Fsp3) is 0.300. The first-order valence-corrected chi connectivity index (χ1v) is 4.82. The molecule has 0 fully saturated rings. The summed E-state index contributed by atoms with van der Waals surface area (Å²) in [5.41, 5.74) is 2.04. The van der Waals surface area contributed by atoms with E-state index >= 15 is 0 Å². The Bertz CT molecular complexity index is 336. The summed E-state index contributed by atoms with van der Waals surface area (Å²) in [7, 11) is 1.77. The predicted molar refractivity (Wildman–Crippen MR) is 58.0 cm³/mol. The van der Waals surface area contributed by atoms with Crippen LogP contribution >= 0.6 is 15.9 Å². The molecule has 0 aliphatic heterocycles. The summed E-state index contributed by atoms with van der Waals surface area (Å²) in [6, 6.07) is 5.89. The first kappa shape index (κ1) is 10.3. The van der Waals surface area contributed by atoms with E-state index in [2.05, 4.69) is 15.9 Å². The topological polar surface area (TPSA) is 20.3 Å². The summed E-state index contributed by atoms with van der Waals surface area (Å²) in [4.78, 5) is 12.8. The quantitative estimate of drug-likeness (QED) is 0.741. The zero-order valence-electron chi connectivity index (χ0n) is 7.97. The molecule has 2 nitrogen and oxygen atoms in total. The molecule has 0 saturated carbocycles. The van der Waals surface area contributed by atoms with Crippen LogP contribution in [0.4, 0.5) is 5.69 Å². The van der Waals surface area contributed by atoms with Crippen molar-refractivity contribution in [1.82, 2.24) is 0 Å². The fourth-order valence-corrected chi connectivity index (χ4v) is 1.46. The van der Waals surface area contributed by atoms with Gasteiger partial charge in [0.05, 0.1) is 0 Å². The molecule has 0 atom stereocenters. The van der Waals surface area contributed by atoms with Crippen LogP contribution in [0, 0.1) is 6.92 Å². The van der Waals surface area contributed by atoms with E-state index in [4.69, 9.17) is 0 Å². The fourth-order valence-electron chi connectivity index (χ4n) is 1.11. The van der Waals surface area contributed by atoms with Crippen LogP contribution in [0.25, 0.3) is 0 Å². The third-order valence-corrected chi connectivity index (χ3v) is 2.50. The van der Waals surface area contributed by atoms with Gasteiger partial charge in [-0.3, -0.25) is 4.79 Å². The van der Waals surface area contributed by atoms with Gasteiger partial charge in [0.25, 0.3) is 0 Å². The van der Waals surface area contributed by atoms with Crippen LogP contribution in [-0.4, -0.2) is 13.0 Å². The summed E-state index contributed by atoms with van der Waals surface area (Å²) in [5.74, 6) is 0.0428. The van der Waals surface area contributed by atoms with E-state index in [1.807, 2.05) is 25.1 Å². The molecule has 0 aliphatic rings. The van der Waals surface area contributed by atoms with Crippen molar-refractivity contribution >= 4 is 27.5 Å². The second-order valence-electron chi connectivity index (χ2n) is 3.01. The first-order valence-electron chi connectivity index (χ1n) is 4.03. The van der Waals surface area contributed by atoms with Gasteiger partial charge in [-0.2, -0.15) is 0 Å². The van der Waals surface area contributed by atoms with Crippen LogP contribution < -0.4 is 4.90 Å². The van der Waals surface area contributed by atoms with Gasteiger partial charge in [-0.15, -0.1) is 0 Å². The molecule has 0 N–H and O–H groups in total. The van der Waals surface area contributed by atoms with Crippen molar-refractivity contribution in [3.63, 3.8) is 0 Å². The Labute approximate surface area is 86.7 Å². The van der Waals surface area contributed by atoms with Crippen molar-refractivity contribution < 1.29 is 4.79 Å². The van der Waals surface area contributed by atoms with E-state index < -0.39 is 0 Å². The number of aryl methyl sites for hydroxylation is 1. The van der Waals surface area contributed by atoms with Gasteiger partial charge in [-0.1, -0.05) is 22.0 Å². The molecule has 0 radical (unpaired) electrons. The minimum absolute atomic E-state index is 0.0428. The maximum absolute atomic E-state index is 11.1. The highest BCUT2D eigenvalue weighted by atomic mass is 79.9. The first-order chi connectivity index (χ1) is 6.02. The Morgan fingerprint density at radius 1 is 1.46 bits per heavy atom. The third-order valence-electron chi connectivity index (χ3n) is 2.00.